The molecule has 0 saturated heterocycles. The fourth-order valence-corrected chi connectivity index (χ4v) is 2.08. The standard InChI is InChI=1S/C17H21NO6/c1-11(2)24-16(20)10-18-15(19)5-4-12-8-13(21-3)17-14(9-12)22-6-7-23-17/h4-5,8-9,11H,6-7,10H2,1-3H3,(H,18,19). The lowest BCUT2D eigenvalue weighted by atomic mass is 10.1. The molecule has 0 saturated carbocycles. The van der Waals surface area contributed by atoms with E-state index in [1.54, 1.807) is 32.1 Å². The quantitative estimate of drug-likeness (QED) is 0.627. The normalized spacial score (nSPS) is 13.0. The second-order valence-electron chi connectivity index (χ2n) is 5.34. The second kappa shape index (κ2) is 8.24. The highest BCUT2D eigenvalue weighted by Crippen LogP contribution is 2.40. The van der Waals surface area contributed by atoms with E-state index < -0.39 is 11.9 Å². The van der Waals surface area contributed by atoms with Gasteiger partial charge in [0.2, 0.25) is 11.7 Å². The van der Waals surface area contributed by atoms with Crippen LogP contribution in [0.4, 0.5) is 0 Å². The Labute approximate surface area is 140 Å². The Balaban J connectivity index is 1.98. The van der Waals surface area contributed by atoms with Crippen LogP contribution in [0.2, 0.25) is 0 Å². The van der Waals surface area contributed by atoms with Crippen LogP contribution in [0.25, 0.3) is 6.08 Å². The number of benzene rings is 1. The summed E-state index contributed by atoms with van der Waals surface area (Å²) >= 11 is 0. The summed E-state index contributed by atoms with van der Waals surface area (Å²) in [5.74, 6) is 0.785. The third-order valence-electron chi connectivity index (χ3n) is 3.05. The van der Waals surface area contributed by atoms with Gasteiger partial charge in [0.25, 0.3) is 0 Å². The summed E-state index contributed by atoms with van der Waals surface area (Å²) in [6, 6.07) is 3.50. The zero-order valence-electron chi connectivity index (χ0n) is 14.0. The zero-order valence-corrected chi connectivity index (χ0v) is 14.0. The van der Waals surface area contributed by atoms with Crippen LogP contribution in [-0.2, 0) is 14.3 Å². The Morgan fingerprint density at radius 1 is 1.29 bits per heavy atom. The van der Waals surface area contributed by atoms with E-state index in [-0.39, 0.29) is 12.6 Å². The maximum Gasteiger partial charge on any atom is 0.325 e. The summed E-state index contributed by atoms with van der Waals surface area (Å²) < 4.78 is 21.3. The van der Waals surface area contributed by atoms with Crippen LogP contribution in [-0.4, -0.2) is 44.8 Å². The van der Waals surface area contributed by atoms with Crippen molar-refractivity contribution < 1.29 is 28.5 Å². The summed E-state index contributed by atoms with van der Waals surface area (Å²) in [6.45, 7) is 4.24. The van der Waals surface area contributed by atoms with Crippen LogP contribution in [0.3, 0.4) is 0 Å². The first-order valence-corrected chi connectivity index (χ1v) is 7.62. The van der Waals surface area contributed by atoms with Gasteiger partial charge in [0, 0.05) is 6.08 Å². The minimum atomic E-state index is -0.479. The van der Waals surface area contributed by atoms with E-state index in [4.69, 9.17) is 18.9 Å². The summed E-state index contributed by atoms with van der Waals surface area (Å²) in [5.41, 5.74) is 0.719. The van der Waals surface area contributed by atoms with Crippen LogP contribution in [0.1, 0.15) is 19.4 Å². The van der Waals surface area contributed by atoms with Crippen molar-refractivity contribution in [1.82, 2.24) is 5.32 Å². The molecule has 0 bridgehead atoms. The van der Waals surface area contributed by atoms with E-state index in [0.717, 1.165) is 5.56 Å². The van der Waals surface area contributed by atoms with Gasteiger partial charge in [-0.3, -0.25) is 9.59 Å². The Hall–Kier alpha value is -2.70. The first-order valence-electron chi connectivity index (χ1n) is 7.62. The predicted octanol–water partition coefficient (Wildman–Crippen LogP) is 1.55. The minimum absolute atomic E-state index is 0.175. The molecule has 7 heteroatoms. The number of ether oxygens (including phenoxy) is 4. The van der Waals surface area contributed by atoms with Crippen LogP contribution in [0.5, 0.6) is 17.2 Å². The van der Waals surface area contributed by atoms with Crippen molar-refractivity contribution in [3.8, 4) is 17.2 Å². The van der Waals surface area contributed by atoms with Gasteiger partial charge in [0.15, 0.2) is 11.5 Å². The molecule has 2 rings (SSSR count). The largest absolute Gasteiger partial charge is 0.493 e. The van der Waals surface area contributed by atoms with Gasteiger partial charge in [-0.2, -0.15) is 0 Å². The lowest BCUT2D eigenvalue weighted by Crippen LogP contribution is -2.30. The average Bonchev–Trinajstić information content (AvgIpc) is 2.56. The molecule has 0 unspecified atom stereocenters. The number of esters is 1. The van der Waals surface area contributed by atoms with Crippen molar-refractivity contribution in [2.75, 3.05) is 26.9 Å². The Morgan fingerprint density at radius 2 is 2.04 bits per heavy atom. The van der Waals surface area contributed by atoms with Crippen molar-refractivity contribution in [2.45, 2.75) is 20.0 Å². The maximum atomic E-state index is 11.8. The molecule has 0 aromatic heterocycles. The van der Waals surface area contributed by atoms with Gasteiger partial charge in [0.1, 0.15) is 19.8 Å². The molecule has 7 nitrogen and oxygen atoms in total. The summed E-state index contributed by atoms with van der Waals surface area (Å²) in [5, 5.41) is 2.46. The Kier molecular flexibility index (Phi) is 6.06. The molecule has 1 heterocycles. The molecule has 1 aromatic carbocycles. The zero-order chi connectivity index (χ0) is 17.5. The van der Waals surface area contributed by atoms with Crippen molar-refractivity contribution in [3.05, 3.63) is 23.8 Å². The molecule has 1 N–H and O–H groups in total. The van der Waals surface area contributed by atoms with Crippen molar-refractivity contribution >= 4 is 18.0 Å². The number of hydrogen-bond donors (Lipinski definition) is 1. The third-order valence-corrected chi connectivity index (χ3v) is 3.05. The van der Waals surface area contributed by atoms with Crippen LogP contribution >= 0.6 is 0 Å². The molecule has 0 radical (unpaired) electrons. The summed E-state index contributed by atoms with van der Waals surface area (Å²) in [7, 11) is 1.54. The van der Waals surface area contributed by atoms with Crippen LogP contribution in [0, 0.1) is 0 Å². The highest BCUT2D eigenvalue weighted by atomic mass is 16.6. The molecule has 0 spiro atoms. The fraction of sp³-hybridized carbons (Fsp3) is 0.412. The Bertz CT molecular complexity index is 621. The smallest absolute Gasteiger partial charge is 0.325 e. The molecule has 24 heavy (non-hydrogen) atoms. The van der Waals surface area contributed by atoms with Gasteiger partial charge in [-0.15, -0.1) is 0 Å². The van der Waals surface area contributed by atoms with Gasteiger partial charge in [0.05, 0.1) is 13.2 Å². The van der Waals surface area contributed by atoms with Crippen LogP contribution in [0.15, 0.2) is 18.2 Å². The molecule has 1 aromatic rings. The van der Waals surface area contributed by atoms with E-state index in [0.29, 0.717) is 30.5 Å². The minimum Gasteiger partial charge on any atom is -0.493 e. The first-order chi connectivity index (χ1) is 11.5. The predicted molar refractivity (Wildman–Crippen MR) is 87.3 cm³/mol. The van der Waals surface area contributed by atoms with E-state index in [1.807, 2.05) is 0 Å². The van der Waals surface area contributed by atoms with E-state index in [2.05, 4.69) is 5.32 Å². The molecular weight excluding hydrogens is 314 g/mol. The third kappa shape index (κ3) is 4.91. The topological polar surface area (TPSA) is 83.1 Å². The molecule has 0 aliphatic carbocycles. The number of nitrogens with one attached hydrogen (secondary N) is 1. The highest BCUT2D eigenvalue weighted by molar-refractivity contribution is 5.93. The molecular formula is C17H21NO6. The second-order valence-corrected chi connectivity index (χ2v) is 5.34. The van der Waals surface area contributed by atoms with E-state index in [9.17, 15) is 9.59 Å². The van der Waals surface area contributed by atoms with Gasteiger partial charge >= 0.3 is 5.97 Å². The summed E-state index contributed by atoms with van der Waals surface area (Å²) in [4.78, 5) is 23.1. The van der Waals surface area contributed by atoms with Crippen molar-refractivity contribution in [3.63, 3.8) is 0 Å². The average molecular weight is 335 g/mol. The van der Waals surface area contributed by atoms with Crippen molar-refractivity contribution in [1.29, 1.82) is 0 Å². The lowest BCUT2D eigenvalue weighted by molar-refractivity contribution is -0.147. The van der Waals surface area contributed by atoms with Gasteiger partial charge in [-0.1, -0.05) is 0 Å². The van der Waals surface area contributed by atoms with E-state index >= 15 is 0 Å². The van der Waals surface area contributed by atoms with E-state index in [1.165, 1.54) is 13.2 Å². The Morgan fingerprint density at radius 3 is 2.75 bits per heavy atom. The number of rotatable bonds is 6. The molecule has 0 fully saturated rings. The molecule has 0 atom stereocenters. The maximum absolute atomic E-state index is 11.8. The molecule has 1 aliphatic rings. The van der Waals surface area contributed by atoms with Gasteiger partial charge in [-0.05, 0) is 37.6 Å². The molecule has 1 aliphatic heterocycles. The number of carbonyl (C=O) groups is 2. The number of carbonyl (C=O) groups excluding carboxylic acids is 2. The van der Waals surface area contributed by atoms with Crippen molar-refractivity contribution in [2.24, 2.45) is 0 Å². The van der Waals surface area contributed by atoms with Gasteiger partial charge in [-0.25, -0.2) is 0 Å². The number of methoxy groups -OCH3 is 1. The number of hydrogen-bond acceptors (Lipinski definition) is 6. The number of amides is 1. The fourth-order valence-electron chi connectivity index (χ4n) is 2.08. The van der Waals surface area contributed by atoms with Crippen LogP contribution < -0.4 is 19.5 Å². The highest BCUT2D eigenvalue weighted by Gasteiger charge is 2.17. The molecule has 1 amide bonds. The lowest BCUT2D eigenvalue weighted by Gasteiger charge is -2.20. The SMILES string of the molecule is COc1cc(C=CC(=O)NCC(=O)OC(C)C)cc2c1OCCO2. The summed E-state index contributed by atoms with van der Waals surface area (Å²) in [6.07, 6.45) is 2.72. The molecule has 130 valence electrons. The first kappa shape index (κ1) is 17.7. The number of fused-ring (bicyclic) bond motifs is 1. The van der Waals surface area contributed by atoms with Gasteiger partial charge < -0.3 is 24.3 Å². The monoisotopic (exact) mass is 335 g/mol.